The summed E-state index contributed by atoms with van der Waals surface area (Å²) < 4.78 is 17.1. The molecule has 1 aliphatic carbocycles. The fourth-order valence-corrected chi connectivity index (χ4v) is 4.78. The number of carbonyl (C=O) groups excluding carboxylic acids is 2. The number of carbonyl (C=O) groups is 2. The molecule has 0 aromatic heterocycles. The second kappa shape index (κ2) is 9.44. The molecule has 7 nitrogen and oxygen atoms in total. The zero-order chi connectivity index (χ0) is 26.1. The van der Waals surface area contributed by atoms with Crippen LogP contribution in [0, 0.1) is 27.6 Å². The highest BCUT2D eigenvalue weighted by atomic mass is 16.7. The minimum Gasteiger partial charge on any atom is -0.504 e. The summed E-state index contributed by atoms with van der Waals surface area (Å²) >= 11 is 0. The molecule has 1 atom stereocenters. The molecule has 0 amide bonds. The monoisotopic (exact) mass is 479 g/mol. The van der Waals surface area contributed by atoms with Crippen molar-refractivity contribution < 1.29 is 28.9 Å². The van der Waals surface area contributed by atoms with E-state index in [1.165, 1.54) is 19.3 Å². The predicted molar refractivity (Wildman–Crippen MR) is 131 cm³/mol. The molecule has 3 rings (SSSR count). The Kier molecular flexibility index (Phi) is 7.12. The van der Waals surface area contributed by atoms with Crippen molar-refractivity contribution in [3.05, 3.63) is 53.6 Å². The van der Waals surface area contributed by atoms with Crippen LogP contribution in [0.2, 0.25) is 0 Å². The Labute approximate surface area is 206 Å². The standard InChI is InChI=1S/C28H33NO6/c1-25(2)18-27(5,16-20(17-29)24(25)32)11-10-23(31)26(3,4)28(34-13-14-35-28)12-9-19-7-8-21(30)22(15-19)33-6/h7-12,15-16,30H,13-14,18H2,1-6H3/b11-10?,12-9+/t27-/m0/s1. The molecule has 7 heteroatoms. The molecule has 1 saturated heterocycles. The van der Waals surface area contributed by atoms with Crippen LogP contribution in [-0.4, -0.2) is 42.8 Å². The fourth-order valence-electron chi connectivity index (χ4n) is 4.78. The van der Waals surface area contributed by atoms with Crippen molar-refractivity contribution in [2.45, 2.75) is 46.8 Å². The van der Waals surface area contributed by atoms with Crippen molar-refractivity contribution >= 4 is 17.6 Å². The van der Waals surface area contributed by atoms with E-state index in [-0.39, 0.29) is 22.9 Å². The van der Waals surface area contributed by atoms with Gasteiger partial charge >= 0.3 is 0 Å². The number of nitrogens with zero attached hydrogens (tertiary/aromatic N) is 1. The molecule has 0 saturated carbocycles. The van der Waals surface area contributed by atoms with Gasteiger partial charge in [0.1, 0.15) is 6.07 Å². The first-order chi connectivity index (χ1) is 16.3. The molecule has 0 radical (unpaired) electrons. The van der Waals surface area contributed by atoms with E-state index < -0.39 is 22.0 Å². The molecule has 1 heterocycles. The number of nitriles is 1. The molecule has 35 heavy (non-hydrogen) atoms. The zero-order valence-corrected chi connectivity index (χ0v) is 21.2. The number of allylic oxidation sites excluding steroid dienone is 4. The smallest absolute Gasteiger partial charge is 0.200 e. The van der Waals surface area contributed by atoms with Gasteiger partial charge in [-0.3, -0.25) is 9.59 Å². The molecule has 0 unspecified atom stereocenters. The molecule has 186 valence electrons. The minimum atomic E-state index is -1.30. The lowest BCUT2D eigenvalue weighted by Gasteiger charge is -2.39. The number of methoxy groups -OCH3 is 1. The normalized spacial score (nSPS) is 23.9. The maximum Gasteiger partial charge on any atom is 0.200 e. The van der Waals surface area contributed by atoms with Crippen LogP contribution in [0.5, 0.6) is 11.5 Å². The number of hydrogen-bond acceptors (Lipinski definition) is 7. The number of Topliss-reactive ketones (excluding diaryl/α,β-unsaturated/α-hetero) is 1. The van der Waals surface area contributed by atoms with E-state index in [9.17, 15) is 20.0 Å². The summed E-state index contributed by atoms with van der Waals surface area (Å²) in [5, 5.41) is 19.3. The largest absolute Gasteiger partial charge is 0.504 e. The third-order valence-electron chi connectivity index (χ3n) is 6.79. The summed E-state index contributed by atoms with van der Waals surface area (Å²) in [6.45, 7) is 9.75. The van der Waals surface area contributed by atoms with E-state index in [2.05, 4.69) is 0 Å². The van der Waals surface area contributed by atoms with Gasteiger partial charge in [0, 0.05) is 10.8 Å². The Balaban J connectivity index is 1.90. The molecular formula is C28H33NO6. The molecule has 0 spiro atoms. The maximum absolute atomic E-state index is 13.5. The summed E-state index contributed by atoms with van der Waals surface area (Å²) in [4.78, 5) is 26.0. The third-order valence-corrected chi connectivity index (χ3v) is 6.79. The van der Waals surface area contributed by atoms with Gasteiger partial charge in [0.2, 0.25) is 5.79 Å². The summed E-state index contributed by atoms with van der Waals surface area (Å²) in [5.41, 5.74) is -1.56. The Morgan fingerprint density at radius 3 is 2.46 bits per heavy atom. The predicted octanol–water partition coefficient (Wildman–Crippen LogP) is 4.76. The number of hydrogen-bond donors (Lipinski definition) is 1. The number of benzene rings is 1. The lowest BCUT2D eigenvalue weighted by molar-refractivity contribution is -0.191. The zero-order valence-electron chi connectivity index (χ0n) is 21.2. The number of aromatic hydroxyl groups is 1. The second-order valence-corrected chi connectivity index (χ2v) is 10.5. The van der Waals surface area contributed by atoms with E-state index in [4.69, 9.17) is 14.2 Å². The number of phenolic OH excluding ortho intramolecular Hbond substituents is 1. The van der Waals surface area contributed by atoms with Crippen LogP contribution in [0.3, 0.4) is 0 Å². The third kappa shape index (κ3) is 5.09. The highest BCUT2D eigenvalue weighted by Crippen LogP contribution is 2.45. The van der Waals surface area contributed by atoms with Crippen LogP contribution >= 0.6 is 0 Å². The molecular weight excluding hydrogens is 446 g/mol. The number of rotatable bonds is 7. The number of phenols is 1. The van der Waals surface area contributed by atoms with Gasteiger partial charge in [-0.15, -0.1) is 0 Å². The molecule has 1 aromatic rings. The van der Waals surface area contributed by atoms with Crippen LogP contribution in [0.25, 0.3) is 6.08 Å². The summed E-state index contributed by atoms with van der Waals surface area (Å²) in [7, 11) is 1.47. The van der Waals surface area contributed by atoms with Crippen LogP contribution < -0.4 is 4.74 Å². The van der Waals surface area contributed by atoms with E-state index in [1.54, 1.807) is 50.3 Å². The highest BCUT2D eigenvalue weighted by molar-refractivity contribution is 6.04. The van der Waals surface area contributed by atoms with Gasteiger partial charge in [0.25, 0.3) is 0 Å². The molecule has 2 aliphatic rings. The van der Waals surface area contributed by atoms with Gasteiger partial charge in [-0.05, 0) is 50.1 Å². The van der Waals surface area contributed by atoms with E-state index >= 15 is 0 Å². The lowest BCUT2D eigenvalue weighted by atomic mass is 9.65. The van der Waals surface area contributed by atoms with Crippen LogP contribution in [0.4, 0.5) is 0 Å². The summed E-state index contributed by atoms with van der Waals surface area (Å²) in [6, 6.07) is 6.92. The van der Waals surface area contributed by atoms with Crippen molar-refractivity contribution in [3.63, 3.8) is 0 Å². The van der Waals surface area contributed by atoms with E-state index in [1.807, 2.05) is 26.8 Å². The average molecular weight is 480 g/mol. The second-order valence-electron chi connectivity index (χ2n) is 10.5. The maximum atomic E-state index is 13.5. The lowest BCUT2D eigenvalue weighted by Crippen LogP contribution is -2.48. The van der Waals surface area contributed by atoms with Crippen molar-refractivity contribution in [2.24, 2.45) is 16.2 Å². The van der Waals surface area contributed by atoms with Crippen molar-refractivity contribution in [1.29, 1.82) is 5.26 Å². The first-order valence-electron chi connectivity index (χ1n) is 11.5. The van der Waals surface area contributed by atoms with Gasteiger partial charge in [-0.2, -0.15) is 5.26 Å². The quantitative estimate of drug-likeness (QED) is 0.562. The Hall–Kier alpha value is -3.21. The summed E-state index contributed by atoms with van der Waals surface area (Å²) in [5.74, 6) is -1.33. The van der Waals surface area contributed by atoms with E-state index in [0.29, 0.717) is 25.4 Å². The molecule has 1 aromatic carbocycles. The first-order valence-corrected chi connectivity index (χ1v) is 11.5. The molecule has 1 fully saturated rings. The molecule has 1 aliphatic heterocycles. The minimum absolute atomic E-state index is 0.0306. The van der Waals surface area contributed by atoms with Gasteiger partial charge in [0.05, 0.1) is 31.3 Å². The van der Waals surface area contributed by atoms with Crippen LogP contribution in [0.1, 0.15) is 46.6 Å². The highest BCUT2D eigenvalue weighted by Gasteiger charge is 2.52. The topological polar surface area (TPSA) is 106 Å². The first kappa shape index (κ1) is 26.4. The van der Waals surface area contributed by atoms with Crippen molar-refractivity contribution in [1.82, 2.24) is 0 Å². The van der Waals surface area contributed by atoms with Gasteiger partial charge in [-0.1, -0.05) is 45.1 Å². The average Bonchev–Trinajstić information content (AvgIpc) is 3.30. The Bertz CT molecular complexity index is 1140. The van der Waals surface area contributed by atoms with Gasteiger partial charge in [0.15, 0.2) is 23.1 Å². The molecule has 0 bridgehead atoms. The van der Waals surface area contributed by atoms with Crippen LogP contribution in [-0.2, 0) is 19.1 Å². The SMILES string of the molecule is COc1cc(/C=C/C2(C(C)(C)C(=O)C=C[C@@]3(C)C=C(C#N)C(=O)C(C)(C)C3)OCCO2)ccc1O. The Morgan fingerprint density at radius 1 is 1.20 bits per heavy atom. The van der Waals surface area contributed by atoms with Crippen molar-refractivity contribution in [2.75, 3.05) is 20.3 Å². The van der Waals surface area contributed by atoms with Crippen molar-refractivity contribution in [3.8, 4) is 17.6 Å². The fraction of sp³-hybridized carbons (Fsp3) is 0.464. The van der Waals surface area contributed by atoms with Crippen LogP contribution in [0.15, 0.2) is 48.1 Å². The van der Waals surface area contributed by atoms with E-state index in [0.717, 1.165) is 5.56 Å². The van der Waals surface area contributed by atoms with Gasteiger partial charge in [-0.25, -0.2) is 0 Å². The number of ether oxygens (including phenoxy) is 3. The Morgan fingerprint density at radius 2 is 1.86 bits per heavy atom. The molecule has 1 N–H and O–H groups in total. The number of ketones is 2. The van der Waals surface area contributed by atoms with Gasteiger partial charge < -0.3 is 19.3 Å². The summed E-state index contributed by atoms with van der Waals surface area (Å²) in [6.07, 6.45) is 8.88.